The number of nitrogens with zero attached hydrogens (tertiary/aromatic N) is 1. The average molecular weight is 362 g/mol. The van der Waals surface area contributed by atoms with Gasteiger partial charge in [0.05, 0.1) is 10.4 Å². The molecule has 1 fully saturated rings. The Kier molecular flexibility index (Phi) is 5.53. The van der Waals surface area contributed by atoms with E-state index in [0.29, 0.717) is 54.9 Å². The molecule has 0 radical (unpaired) electrons. The molecule has 0 atom stereocenters. The smallest absolute Gasteiger partial charge is 0.232 e. The largest absolute Gasteiger partial charge is 0.439 e. The molecule has 0 bridgehead atoms. The third kappa shape index (κ3) is 4.28. The van der Waals surface area contributed by atoms with Crippen LogP contribution in [0, 0.1) is 5.41 Å². The maximum absolute atomic E-state index is 12.6. The summed E-state index contributed by atoms with van der Waals surface area (Å²) in [7, 11) is 0. The van der Waals surface area contributed by atoms with Gasteiger partial charge in [0.2, 0.25) is 11.8 Å². The lowest BCUT2D eigenvalue weighted by molar-refractivity contribution is -0.130. The summed E-state index contributed by atoms with van der Waals surface area (Å²) in [5, 5.41) is 3.49. The van der Waals surface area contributed by atoms with Crippen LogP contribution in [0.5, 0.6) is 11.6 Å². The summed E-state index contributed by atoms with van der Waals surface area (Å²) in [6.45, 7) is 1.43. The summed E-state index contributed by atoms with van der Waals surface area (Å²) >= 11 is 5.80. The van der Waals surface area contributed by atoms with Gasteiger partial charge in [-0.2, -0.15) is 0 Å². The fraction of sp³-hybridized carbons (Fsp3) is 0.333. The van der Waals surface area contributed by atoms with Crippen LogP contribution in [0.4, 0.5) is 5.69 Å². The third-order valence-corrected chi connectivity index (χ3v) is 4.58. The van der Waals surface area contributed by atoms with Crippen LogP contribution in [0.15, 0.2) is 42.6 Å². The molecule has 0 spiro atoms. The van der Waals surface area contributed by atoms with Crippen molar-refractivity contribution in [3.8, 4) is 11.6 Å². The molecule has 1 aliphatic heterocycles. The van der Waals surface area contributed by atoms with Gasteiger partial charge in [-0.15, -0.1) is 0 Å². The first-order valence-electron chi connectivity index (χ1n) is 8.10. The molecule has 1 aromatic carbocycles. The fourth-order valence-corrected chi connectivity index (χ4v) is 2.81. The molecule has 1 saturated heterocycles. The van der Waals surface area contributed by atoms with Gasteiger partial charge in [-0.1, -0.05) is 11.6 Å². The number of benzene rings is 1. The number of hydrogen-bond acceptors (Lipinski definition) is 5. The normalized spacial score (nSPS) is 16.2. The number of nitrogens with two attached hydrogens (primary N) is 1. The van der Waals surface area contributed by atoms with Gasteiger partial charge in [-0.3, -0.25) is 4.79 Å². The van der Waals surface area contributed by atoms with Crippen molar-refractivity contribution in [1.82, 2.24) is 4.98 Å². The number of aromatic nitrogens is 1. The van der Waals surface area contributed by atoms with Gasteiger partial charge >= 0.3 is 0 Å². The maximum atomic E-state index is 12.6. The van der Waals surface area contributed by atoms with Crippen LogP contribution in [0.25, 0.3) is 0 Å². The minimum atomic E-state index is -0.555. The quantitative estimate of drug-likeness (QED) is 0.853. The zero-order chi connectivity index (χ0) is 17.7. The summed E-state index contributed by atoms with van der Waals surface area (Å²) in [6.07, 6.45) is 2.79. The van der Waals surface area contributed by atoms with Gasteiger partial charge in [0.15, 0.2) is 0 Å². The summed E-state index contributed by atoms with van der Waals surface area (Å²) in [4.78, 5) is 16.7. The van der Waals surface area contributed by atoms with E-state index in [4.69, 9.17) is 26.8 Å². The number of hydrogen-bond donors (Lipinski definition) is 2. The summed E-state index contributed by atoms with van der Waals surface area (Å²) < 4.78 is 11.0. The highest BCUT2D eigenvalue weighted by Gasteiger charge is 2.38. The first-order chi connectivity index (χ1) is 12.1. The van der Waals surface area contributed by atoms with Crippen molar-refractivity contribution in [2.45, 2.75) is 12.8 Å². The number of rotatable bonds is 5. The third-order valence-electron chi connectivity index (χ3n) is 4.36. The van der Waals surface area contributed by atoms with E-state index < -0.39 is 5.41 Å². The van der Waals surface area contributed by atoms with Crippen LogP contribution in [0.3, 0.4) is 0 Å². The number of pyridine rings is 1. The van der Waals surface area contributed by atoms with Crippen molar-refractivity contribution in [1.29, 1.82) is 0 Å². The van der Waals surface area contributed by atoms with Gasteiger partial charge in [0.1, 0.15) is 5.75 Å². The molecule has 1 amide bonds. The Bertz CT molecular complexity index is 713. The second-order valence-corrected chi connectivity index (χ2v) is 6.43. The molecule has 0 saturated carbocycles. The van der Waals surface area contributed by atoms with Crippen molar-refractivity contribution in [3.63, 3.8) is 0 Å². The number of carbonyl (C=O) groups is 1. The van der Waals surface area contributed by atoms with Crippen LogP contribution in [0.2, 0.25) is 5.02 Å². The van der Waals surface area contributed by atoms with Crippen LogP contribution in [0.1, 0.15) is 12.8 Å². The van der Waals surface area contributed by atoms with Crippen LogP contribution in [-0.4, -0.2) is 30.6 Å². The Morgan fingerprint density at radius 3 is 2.56 bits per heavy atom. The molecule has 3 rings (SSSR count). The van der Waals surface area contributed by atoms with Crippen LogP contribution in [-0.2, 0) is 9.53 Å². The average Bonchev–Trinajstić information content (AvgIpc) is 2.65. The molecule has 0 aliphatic carbocycles. The van der Waals surface area contributed by atoms with Crippen molar-refractivity contribution in [2.24, 2.45) is 11.1 Å². The Hall–Kier alpha value is -2.15. The van der Waals surface area contributed by atoms with Gasteiger partial charge < -0.3 is 20.5 Å². The molecule has 2 aromatic rings. The van der Waals surface area contributed by atoms with E-state index in [1.807, 2.05) is 0 Å². The lowest BCUT2D eigenvalue weighted by atomic mass is 9.79. The number of nitrogens with one attached hydrogen (secondary N) is 1. The van der Waals surface area contributed by atoms with Crippen LogP contribution >= 0.6 is 11.6 Å². The second-order valence-electron chi connectivity index (χ2n) is 5.99. The molecule has 1 aliphatic rings. The van der Waals surface area contributed by atoms with E-state index in [9.17, 15) is 4.79 Å². The molecule has 7 heteroatoms. The lowest BCUT2D eigenvalue weighted by Gasteiger charge is -2.34. The van der Waals surface area contributed by atoms with Gasteiger partial charge in [0, 0.05) is 37.7 Å². The number of carbonyl (C=O) groups excluding carboxylic acids is 1. The van der Waals surface area contributed by atoms with Crippen molar-refractivity contribution in [3.05, 3.63) is 47.6 Å². The van der Waals surface area contributed by atoms with Gasteiger partial charge in [-0.05, 0) is 43.2 Å². The monoisotopic (exact) mass is 361 g/mol. The first-order valence-corrected chi connectivity index (χ1v) is 8.48. The molecule has 132 valence electrons. The lowest BCUT2D eigenvalue weighted by Crippen LogP contribution is -2.46. The molecule has 1 aromatic heterocycles. The molecule has 6 nitrogen and oxygen atoms in total. The van der Waals surface area contributed by atoms with Crippen LogP contribution < -0.4 is 15.8 Å². The van der Waals surface area contributed by atoms with Crippen molar-refractivity contribution < 1.29 is 14.3 Å². The molecular formula is C18H20ClN3O3. The predicted octanol–water partition coefficient (Wildman–Crippen LogP) is 3.22. The molecule has 3 N–H and O–H groups in total. The minimum Gasteiger partial charge on any atom is -0.439 e. The van der Waals surface area contributed by atoms with E-state index in [0.717, 1.165) is 0 Å². The minimum absolute atomic E-state index is 0.0636. The fourth-order valence-electron chi connectivity index (χ4n) is 2.70. The van der Waals surface area contributed by atoms with E-state index in [1.165, 1.54) is 6.20 Å². The van der Waals surface area contributed by atoms with E-state index >= 15 is 0 Å². The summed E-state index contributed by atoms with van der Waals surface area (Å²) in [6, 6.07) is 10.5. The highest BCUT2D eigenvalue weighted by Crippen LogP contribution is 2.31. The topological polar surface area (TPSA) is 86.5 Å². The first kappa shape index (κ1) is 17.7. The van der Waals surface area contributed by atoms with E-state index in [2.05, 4.69) is 10.3 Å². The molecule has 2 heterocycles. The molecular weight excluding hydrogens is 342 g/mol. The van der Waals surface area contributed by atoms with Crippen molar-refractivity contribution in [2.75, 3.05) is 25.1 Å². The Morgan fingerprint density at radius 1 is 1.24 bits per heavy atom. The maximum Gasteiger partial charge on any atom is 0.232 e. The van der Waals surface area contributed by atoms with Gasteiger partial charge in [-0.25, -0.2) is 4.98 Å². The predicted molar refractivity (Wildman–Crippen MR) is 95.9 cm³/mol. The Labute approximate surface area is 151 Å². The second kappa shape index (κ2) is 7.82. The highest BCUT2D eigenvalue weighted by atomic mass is 35.5. The molecule has 0 unspecified atom stereocenters. The van der Waals surface area contributed by atoms with Crippen molar-refractivity contribution >= 4 is 23.2 Å². The van der Waals surface area contributed by atoms with Gasteiger partial charge in [0.25, 0.3) is 0 Å². The zero-order valence-corrected chi connectivity index (χ0v) is 14.5. The number of halogens is 1. The van der Waals surface area contributed by atoms with E-state index in [-0.39, 0.29) is 5.91 Å². The summed E-state index contributed by atoms with van der Waals surface area (Å²) in [5.41, 5.74) is 6.00. The standard InChI is InChI=1S/C18H20ClN3O3/c19-13-1-6-16(21-11-13)25-15-4-2-14(3-5-15)22-17(23)18(12-20)7-9-24-10-8-18/h1-6,11H,7-10,12,20H2,(H,22,23). The summed E-state index contributed by atoms with van der Waals surface area (Å²) in [5.74, 6) is 1.00. The molecule has 25 heavy (non-hydrogen) atoms. The van der Waals surface area contributed by atoms with E-state index in [1.54, 1.807) is 36.4 Å². The number of amides is 1. The Morgan fingerprint density at radius 2 is 1.96 bits per heavy atom. The Balaban J connectivity index is 1.63. The zero-order valence-electron chi connectivity index (χ0n) is 13.7. The highest BCUT2D eigenvalue weighted by molar-refractivity contribution is 6.30. The SMILES string of the molecule is NCC1(C(=O)Nc2ccc(Oc3ccc(Cl)cn3)cc2)CCOCC1. The number of ether oxygens (including phenoxy) is 2. The number of anilines is 1.